The summed E-state index contributed by atoms with van der Waals surface area (Å²) in [7, 11) is 1.45. The molecule has 0 aliphatic carbocycles. The molecule has 9 atom stereocenters. The molecule has 0 saturated carbocycles. The molecule has 7 rings (SSSR count). The zero-order valence-corrected chi connectivity index (χ0v) is 39.7. The Bertz CT molecular complexity index is 2870. The number of piperazine rings is 1. The van der Waals surface area contributed by atoms with Crippen LogP contribution in [0.15, 0.2) is 62.3 Å². The normalized spacial score (nSPS) is 29.7. The average molecular weight is 927 g/mol. The van der Waals surface area contributed by atoms with Crippen molar-refractivity contribution in [3.8, 4) is 11.5 Å². The van der Waals surface area contributed by atoms with Crippen LogP contribution in [0.4, 0.5) is 11.4 Å². The first-order valence-corrected chi connectivity index (χ1v) is 22.8. The van der Waals surface area contributed by atoms with Gasteiger partial charge in [0.2, 0.25) is 10.9 Å². The maximum absolute atomic E-state index is 14.9. The minimum absolute atomic E-state index is 0.0403. The molecule has 3 aliphatic heterocycles. The Hall–Kier alpha value is -6.01. The minimum Gasteiger partial charge on any atom is -0.507 e. The Labute approximate surface area is 387 Å². The van der Waals surface area contributed by atoms with E-state index in [-0.39, 0.29) is 60.8 Å². The van der Waals surface area contributed by atoms with Crippen molar-refractivity contribution in [3.63, 3.8) is 0 Å². The van der Waals surface area contributed by atoms with Crippen molar-refractivity contribution >= 4 is 62.0 Å². The van der Waals surface area contributed by atoms with E-state index in [1.807, 2.05) is 0 Å². The van der Waals surface area contributed by atoms with E-state index in [1.54, 1.807) is 45.9 Å². The Kier molecular flexibility index (Phi) is 14.1. The van der Waals surface area contributed by atoms with Crippen molar-refractivity contribution in [2.75, 3.05) is 50.1 Å². The number of rotatable bonds is 5. The number of benzene rings is 3. The highest BCUT2D eigenvalue weighted by molar-refractivity contribution is 6.16. The Morgan fingerprint density at radius 1 is 0.955 bits per heavy atom. The van der Waals surface area contributed by atoms with Gasteiger partial charge in [-0.2, -0.15) is 0 Å². The molecule has 1 saturated heterocycles. The number of phenolic OH excluding ortho intramolecular Hbond substituents is 1. The lowest BCUT2D eigenvalue weighted by molar-refractivity contribution is -0.160. The molecule has 360 valence electrons. The van der Waals surface area contributed by atoms with Gasteiger partial charge in [-0.15, -0.1) is 0 Å². The molecule has 17 nitrogen and oxygen atoms in total. The highest BCUT2D eigenvalue weighted by atomic mass is 16.7. The lowest BCUT2D eigenvalue weighted by Crippen LogP contribution is -2.46. The summed E-state index contributed by atoms with van der Waals surface area (Å²) in [5.74, 6) is -6.92. The highest BCUT2D eigenvalue weighted by Crippen LogP contribution is 2.42. The molecule has 0 unspecified atom stereocenters. The van der Waals surface area contributed by atoms with Crippen molar-refractivity contribution in [2.24, 2.45) is 23.7 Å². The third-order valence-corrected chi connectivity index (χ3v) is 13.7. The second-order valence-electron chi connectivity index (χ2n) is 18.4. The number of aliphatic hydroxyl groups is 3. The van der Waals surface area contributed by atoms with Crippen LogP contribution in [0.2, 0.25) is 0 Å². The van der Waals surface area contributed by atoms with Gasteiger partial charge in [0.25, 0.3) is 5.91 Å². The van der Waals surface area contributed by atoms with E-state index in [1.165, 1.54) is 59.3 Å². The molecule has 3 aromatic carbocycles. The lowest BCUT2D eigenvalue weighted by atomic mass is 9.78. The third kappa shape index (κ3) is 9.09. The SMILES string of the molecule is CCCN1CCN(c2cc(=O)c3nc4c(oc3c2)c2c(=O)c3c(O)c(C)c5c(c34)=C(O)[C@@](C)(O/C=C\[C@H](OC)[C@H](C)[C@@H](OC(C)=O)[C@@H](C)[C@H](O)[C@H](C)[C@@H](O)[C@@H](C)/C=C\C=C(\C)C(=O)N2)O5)CC1. The van der Waals surface area contributed by atoms with Crippen molar-refractivity contribution in [1.29, 1.82) is 0 Å². The number of anilines is 2. The van der Waals surface area contributed by atoms with Crippen LogP contribution in [0.1, 0.15) is 67.4 Å². The predicted molar refractivity (Wildman–Crippen MR) is 254 cm³/mol. The van der Waals surface area contributed by atoms with Crippen molar-refractivity contribution in [1.82, 2.24) is 9.88 Å². The third-order valence-electron chi connectivity index (χ3n) is 13.7. The van der Waals surface area contributed by atoms with Gasteiger partial charge in [0, 0.05) is 105 Å². The summed E-state index contributed by atoms with van der Waals surface area (Å²) in [6.45, 7) is 18.6. The van der Waals surface area contributed by atoms with Gasteiger partial charge in [-0.1, -0.05) is 52.8 Å². The summed E-state index contributed by atoms with van der Waals surface area (Å²) in [4.78, 5) is 64.6. The average Bonchev–Trinajstić information content (AvgIpc) is 3.56. The molecule has 1 fully saturated rings. The van der Waals surface area contributed by atoms with Gasteiger partial charge < -0.3 is 54.0 Å². The number of hydrogen-bond donors (Lipinski definition) is 5. The first-order valence-electron chi connectivity index (χ1n) is 22.8. The Morgan fingerprint density at radius 2 is 1.66 bits per heavy atom. The van der Waals surface area contributed by atoms with Crippen LogP contribution >= 0.6 is 0 Å². The molecule has 17 heteroatoms. The molecular weight excluding hydrogens is 865 g/mol. The fourth-order valence-electron chi connectivity index (χ4n) is 9.61. The topological polar surface area (TPSA) is 231 Å². The van der Waals surface area contributed by atoms with E-state index < -0.39 is 88.1 Å². The molecule has 67 heavy (non-hydrogen) atoms. The van der Waals surface area contributed by atoms with Crippen LogP contribution in [0.25, 0.3) is 38.7 Å². The fraction of sp³-hybridized carbons (Fsp3) is 0.500. The van der Waals surface area contributed by atoms with Crippen LogP contribution in [-0.2, 0) is 23.8 Å². The summed E-state index contributed by atoms with van der Waals surface area (Å²) in [5, 5.41) is 49.3. The fourth-order valence-corrected chi connectivity index (χ4v) is 9.61. The highest BCUT2D eigenvalue weighted by Gasteiger charge is 2.44. The molecular formula is C50H62N4O13. The van der Waals surface area contributed by atoms with Gasteiger partial charge in [0.1, 0.15) is 28.8 Å². The molecule has 5 bridgehead atoms. The molecule has 0 spiro atoms. The molecule has 0 radical (unpaired) electrons. The first-order chi connectivity index (χ1) is 31.7. The van der Waals surface area contributed by atoms with Gasteiger partial charge in [0.15, 0.2) is 22.4 Å². The number of allylic oxidation sites excluding steroid dienone is 2. The maximum Gasteiger partial charge on any atom is 0.307 e. The number of fused-ring (bicyclic) bond motifs is 5. The van der Waals surface area contributed by atoms with Crippen LogP contribution in [0, 0.1) is 30.6 Å². The number of carbonyl (C=O) groups is 2. The monoisotopic (exact) mass is 926 g/mol. The molecule has 3 aliphatic rings. The number of aromatic nitrogens is 1. The molecule has 4 aromatic rings. The van der Waals surface area contributed by atoms with Crippen molar-refractivity contribution in [3.05, 3.63) is 79.5 Å². The Balaban J connectivity index is 1.46. The van der Waals surface area contributed by atoms with Gasteiger partial charge in [0.05, 0.1) is 35.2 Å². The van der Waals surface area contributed by atoms with Gasteiger partial charge in [-0.3, -0.25) is 24.1 Å². The number of phenols is 1. The Morgan fingerprint density at radius 3 is 2.31 bits per heavy atom. The zero-order valence-electron chi connectivity index (χ0n) is 39.7. The number of aliphatic hydroxyl groups excluding tert-OH is 3. The van der Waals surface area contributed by atoms with E-state index in [0.29, 0.717) is 18.8 Å². The zero-order chi connectivity index (χ0) is 48.8. The number of esters is 1. The molecule has 5 N–H and O–H groups in total. The second-order valence-corrected chi connectivity index (χ2v) is 18.4. The van der Waals surface area contributed by atoms with E-state index >= 15 is 0 Å². The van der Waals surface area contributed by atoms with Gasteiger partial charge in [-0.05, 0) is 32.9 Å². The molecule has 1 amide bonds. The van der Waals surface area contributed by atoms with Gasteiger partial charge in [-0.25, -0.2) is 4.98 Å². The van der Waals surface area contributed by atoms with Crippen molar-refractivity contribution in [2.45, 2.75) is 98.9 Å². The number of nitrogens with one attached hydrogen (secondary N) is 1. The maximum atomic E-state index is 14.9. The second kappa shape index (κ2) is 19.3. The predicted octanol–water partition coefficient (Wildman–Crippen LogP) is 5.09. The number of aromatic hydroxyl groups is 1. The number of carbonyl (C=O) groups excluding carboxylic acids is 2. The quantitative estimate of drug-likeness (QED) is 0.0997. The van der Waals surface area contributed by atoms with E-state index in [4.69, 9.17) is 28.3 Å². The van der Waals surface area contributed by atoms with E-state index in [0.717, 1.165) is 26.1 Å². The lowest BCUT2D eigenvalue weighted by Gasteiger charge is -2.38. The van der Waals surface area contributed by atoms with Crippen molar-refractivity contribution < 1.29 is 53.4 Å². The number of amides is 1. The van der Waals surface area contributed by atoms with Crippen LogP contribution < -0.4 is 31.0 Å². The van der Waals surface area contributed by atoms with Crippen LogP contribution in [0.5, 0.6) is 11.5 Å². The number of ether oxygens (including phenoxy) is 4. The summed E-state index contributed by atoms with van der Waals surface area (Å²) in [6.07, 6.45) is 4.59. The van der Waals surface area contributed by atoms with E-state index in [2.05, 4.69) is 22.0 Å². The van der Waals surface area contributed by atoms with Gasteiger partial charge >= 0.3 is 11.8 Å². The van der Waals surface area contributed by atoms with E-state index in [9.17, 15) is 39.6 Å². The minimum atomic E-state index is -1.98. The summed E-state index contributed by atoms with van der Waals surface area (Å²) < 4.78 is 30.5. The number of nitrogens with zero attached hydrogens (tertiary/aromatic N) is 3. The smallest absolute Gasteiger partial charge is 0.307 e. The van der Waals surface area contributed by atoms with Crippen LogP contribution in [0.3, 0.4) is 0 Å². The summed E-state index contributed by atoms with van der Waals surface area (Å²) in [6, 6.07) is 3.15. The number of methoxy groups -OCH3 is 1. The first kappa shape index (κ1) is 48.9. The summed E-state index contributed by atoms with van der Waals surface area (Å²) in [5.41, 5.74) is -1.34. The standard InChI is InChI=1S/C50H62N4O13/c1-11-16-53-17-19-54(20-18-53)31-22-32(56)38-34(23-31)66-47-39(51-38)35-36-43(59)29(7)46-37(35)48(61)50(9,67-46)64-21-15-33(63-10)26(4)45(65-30(8)55)28(6)42(58)27(5)41(57)24(2)13-12-14-25(3)49(62)52-40(47)44(36)60/h12-15,21-24,26-28,33,41-42,45,57-59,61H,11,16-20H2,1-10H3,(H,52,62)/b13-12-,21-15-,25-14-/t24-,26-,27+,28-,33-,41-,42+,45+,50-/m0/s1. The summed E-state index contributed by atoms with van der Waals surface area (Å²) >= 11 is 0. The number of hydrogen-bond acceptors (Lipinski definition) is 16. The van der Waals surface area contributed by atoms with Crippen LogP contribution in [-0.4, -0.2) is 112 Å². The largest absolute Gasteiger partial charge is 0.507 e. The molecule has 1 aromatic heterocycles. The molecule has 4 heterocycles.